The molecule has 10 heteroatoms. The van der Waals surface area contributed by atoms with Gasteiger partial charge in [0.15, 0.2) is 0 Å². The molecule has 10 nitrogen and oxygen atoms in total. The van der Waals surface area contributed by atoms with Crippen LogP contribution in [0.15, 0.2) is 49.6 Å². The van der Waals surface area contributed by atoms with Crippen molar-refractivity contribution in [3.63, 3.8) is 0 Å². The molecule has 0 aliphatic rings. The fourth-order valence-corrected chi connectivity index (χ4v) is 1.65. The molecule has 0 aromatic heterocycles. The summed E-state index contributed by atoms with van der Waals surface area (Å²) < 4.78 is 29.7. The summed E-state index contributed by atoms with van der Waals surface area (Å²) in [7, 11) is 0. The molecule has 0 bridgehead atoms. The highest BCUT2D eigenvalue weighted by Gasteiger charge is 2.21. The Morgan fingerprint density at radius 2 is 0.943 bits per heavy atom. The Hall–Kier alpha value is -3.24. The number of carbonyl (C=O) groups is 4. The minimum absolute atomic E-state index is 0.169. The quantitative estimate of drug-likeness (QED) is 0.128. The van der Waals surface area contributed by atoms with E-state index < -0.39 is 29.3 Å². The third-order valence-corrected chi connectivity index (χ3v) is 3.53. The van der Waals surface area contributed by atoms with E-state index in [9.17, 15) is 19.2 Å². The van der Waals surface area contributed by atoms with Crippen LogP contribution in [-0.4, -0.2) is 76.7 Å². The molecule has 0 aliphatic carbocycles. The SMILES string of the molecule is C=C(C)C(=O)OCCOCCOCCOC(=O)C(=C)C.C=CC(=O)OCC(C)(C)COC(=O)C=C. The molecule has 0 N–H and O–H groups in total. The highest BCUT2D eigenvalue weighted by Crippen LogP contribution is 2.16. The van der Waals surface area contributed by atoms with Crippen LogP contribution in [0.5, 0.6) is 0 Å². The van der Waals surface area contributed by atoms with Gasteiger partial charge in [0, 0.05) is 28.7 Å². The number of hydrogen-bond donors (Lipinski definition) is 0. The Balaban J connectivity index is 0. The fourth-order valence-electron chi connectivity index (χ4n) is 1.65. The number of esters is 4. The smallest absolute Gasteiger partial charge is 0.333 e. The number of hydrogen-bond acceptors (Lipinski definition) is 10. The lowest BCUT2D eigenvalue weighted by atomic mass is 9.96. The summed E-state index contributed by atoms with van der Waals surface area (Å²) >= 11 is 0. The van der Waals surface area contributed by atoms with Crippen molar-refractivity contribution in [1.29, 1.82) is 0 Å². The van der Waals surface area contributed by atoms with Gasteiger partial charge in [-0.3, -0.25) is 0 Å². The van der Waals surface area contributed by atoms with Crippen LogP contribution in [0.4, 0.5) is 0 Å². The Kier molecular flexibility index (Phi) is 19.5. The zero-order valence-corrected chi connectivity index (χ0v) is 21.2. The molecule has 0 amide bonds. The lowest BCUT2D eigenvalue weighted by Crippen LogP contribution is -2.27. The van der Waals surface area contributed by atoms with Crippen molar-refractivity contribution in [3.05, 3.63) is 49.6 Å². The van der Waals surface area contributed by atoms with Gasteiger partial charge in [-0.05, 0) is 13.8 Å². The molecule has 0 heterocycles. The van der Waals surface area contributed by atoms with E-state index >= 15 is 0 Å². The summed E-state index contributed by atoms with van der Waals surface area (Å²) in [4.78, 5) is 43.6. The van der Waals surface area contributed by atoms with Crippen molar-refractivity contribution >= 4 is 23.9 Å². The third kappa shape index (κ3) is 22.3. The van der Waals surface area contributed by atoms with Crippen LogP contribution in [0.25, 0.3) is 0 Å². The minimum Gasteiger partial charge on any atom is -0.462 e. The molecule has 0 saturated heterocycles. The second-order valence-electron chi connectivity index (χ2n) is 7.85. The molecule has 0 saturated carbocycles. The number of rotatable bonds is 17. The monoisotopic (exact) mass is 498 g/mol. The van der Waals surface area contributed by atoms with E-state index in [0.29, 0.717) is 37.6 Å². The lowest BCUT2D eigenvalue weighted by Gasteiger charge is -2.22. The van der Waals surface area contributed by atoms with E-state index in [1.165, 1.54) is 0 Å². The summed E-state index contributed by atoms with van der Waals surface area (Å²) in [6, 6.07) is 0. The molecular formula is C25H38O10. The van der Waals surface area contributed by atoms with E-state index in [1.54, 1.807) is 13.8 Å². The average molecular weight is 499 g/mol. The van der Waals surface area contributed by atoms with Crippen molar-refractivity contribution in [1.82, 2.24) is 0 Å². The van der Waals surface area contributed by atoms with Crippen LogP contribution in [0.1, 0.15) is 27.7 Å². The fraction of sp³-hybridized carbons (Fsp3) is 0.520. The van der Waals surface area contributed by atoms with Crippen LogP contribution in [-0.2, 0) is 47.6 Å². The molecule has 0 fully saturated rings. The maximum atomic E-state index is 11.0. The highest BCUT2D eigenvalue weighted by atomic mass is 16.6. The van der Waals surface area contributed by atoms with E-state index in [0.717, 1.165) is 12.2 Å². The van der Waals surface area contributed by atoms with Gasteiger partial charge in [-0.15, -0.1) is 0 Å². The summed E-state index contributed by atoms with van der Waals surface area (Å²) in [5.74, 6) is -1.83. The molecule has 0 aliphatic heterocycles. The zero-order valence-electron chi connectivity index (χ0n) is 21.2. The van der Waals surface area contributed by atoms with E-state index in [-0.39, 0.29) is 26.4 Å². The minimum atomic E-state index is -0.488. The predicted octanol–water partition coefficient (Wildman–Crippen LogP) is 2.73. The van der Waals surface area contributed by atoms with Gasteiger partial charge in [-0.1, -0.05) is 40.2 Å². The normalized spacial score (nSPS) is 10.1. The van der Waals surface area contributed by atoms with Crippen molar-refractivity contribution in [2.45, 2.75) is 27.7 Å². The van der Waals surface area contributed by atoms with E-state index in [4.69, 9.17) is 28.4 Å². The van der Waals surface area contributed by atoms with Crippen molar-refractivity contribution < 1.29 is 47.6 Å². The third-order valence-electron chi connectivity index (χ3n) is 3.53. The van der Waals surface area contributed by atoms with Crippen molar-refractivity contribution in [2.24, 2.45) is 5.41 Å². The maximum absolute atomic E-state index is 11.0. The first-order valence-electron chi connectivity index (χ1n) is 10.8. The topological polar surface area (TPSA) is 124 Å². The molecule has 198 valence electrons. The van der Waals surface area contributed by atoms with Gasteiger partial charge < -0.3 is 28.4 Å². The van der Waals surface area contributed by atoms with Crippen LogP contribution >= 0.6 is 0 Å². The van der Waals surface area contributed by atoms with Gasteiger partial charge >= 0.3 is 23.9 Å². The Bertz CT molecular complexity index is 677. The number of ether oxygens (including phenoxy) is 6. The van der Waals surface area contributed by atoms with Gasteiger partial charge in [-0.25, -0.2) is 19.2 Å². The molecule has 35 heavy (non-hydrogen) atoms. The molecule has 0 atom stereocenters. The predicted molar refractivity (Wildman–Crippen MR) is 129 cm³/mol. The first kappa shape index (κ1) is 33.9. The second kappa shape index (κ2) is 20.2. The molecule has 0 radical (unpaired) electrons. The first-order chi connectivity index (χ1) is 16.4. The lowest BCUT2D eigenvalue weighted by molar-refractivity contribution is -0.146. The van der Waals surface area contributed by atoms with Crippen LogP contribution in [0, 0.1) is 5.41 Å². The summed E-state index contributed by atoms with van der Waals surface area (Å²) in [6.45, 7) is 22.3. The van der Waals surface area contributed by atoms with Gasteiger partial charge in [-0.2, -0.15) is 0 Å². The van der Waals surface area contributed by atoms with Crippen LogP contribution in [0.3, 0.4) is 0 Å². The first-order valence-corrected chi connectivity index (χ1v) is 10.8. The average Bonchev–Trinajstić information content (AvgIpc) is 2.82. The molecular weight excluding hydrogens is 460 g/mol. The second-order valence-corrected chi connectivity index (χ2v) is 7.85. The molecule has 0 unspecified atom stereocenters. The summed E-state index contributed by atoms with van der Waals surface area (Å²) in [5.41, 5.74) is 0.299. The Morgan fingerprint density at radius 1 is 0.629 bits per heavy atom. The van der Waals surface area contributed by atoms with Gasteiger partial charge in [0.05, 0.1) is 39.6 Å². The molecule has 0 spiro atoms. The van der Waals surface area contributed by atoms with Crippen molar-refractivity contribution in [2.75, 3.05) is 52.9 Å². The standard InChI is InChI=1S/C14H22O6.C11H16O4/c1-11(2)13(15)19-9-7-17-5-6-18-8-10-20-14(16)12(3)4;1-5-9(12)14-7-11(3,4)8-15-10(13)6-2/h1,3,5-10H2,2,4H3;5-6H,1-2,7-8H2,3-4H3. The zero-order chi connectivity index (χ0) is 27.3. The largest absolute Gasteiger partial charge is 0.462 e. The molecule has 0 rings (SSSR count). The van der Waals surface area contributed by atoms with Crippen LogP contribution < -0.4 is 0 Å². The highest BCUT2D eigenvalue weighted by molar-refractivity contribution is 5.87. The van der Waals surface area contributed by atoms with E-state index in [2.05, 4.69) is 26.3 Å². The Morgan fingerprint density at radius 3 is 1.23 bits per heavy atom. The maximum Gasteiger partial charge on any atom is 0.333 e. The Labute approximate surface area is 207 Å². The van der Waals surface area contributed by atoms with E-state index in [1.807, 2.05) is 13.8 Å². The summed E-state index contributed by atoms with van der Waals surface area (Å²) in [6.07, 6.45) is 2.18. The van der Waals surface area contributed by atoms with Crippen molar-refractivity contribution in [3.8, 4) is 0 Å². The van der Waals surface area contributed by atoms with Crippen LogP contribution in [0.2, 0.25) is 0 Å². The van der Waals surface area contributed by atoms with Gasteiger partial charge in [0.25, 0.3) is 0 Å². The van der Waals surface area contributed by atoms with Gasteiger partial charge in [0.1, 0.15) is 13.2 Å². The molecule has 0 aromatic rings. The number of carbonyl (C=O) groups excluding carboxylic acids is 4. The van der Waals surface area contributed by atoms with Gasteiger partial charge in [0.2, 0.25) is 0 Å². The summed E-state index contributed by atoms with van der Waals surface area (Å²) in [5, 5.41) is 0. The molecule has 0 aromatic carbocycles.